The number of benzene rings is 1. The number of aliphatic hydroxyl groups is 1. The lowest BCUT2D eigenvalue weighted by molar-refractivity contribution is -0.136. The Kier molecular flexibility index (Phi) is 5.55. The lowest BCUT2D eigenvalue weighted by Gasteiger charge is -2.17. The molecule has 2 amide bonds. The molecule has 3 N–H and O–H groups in total. The van der Waals surface area contributed by atoms with Crippen molar-refractivity contribution in [2.75, 3.05) is 11.9 Å². The summed E-state index contributed by atoms with van der Waals surface area (Å²) in [5.41, 5.74) is 1.73. The van der Waals surface area contributed by atoms with Crippen LogP contribution in [0.25, 0.3) is 0 Å². The molecule has 1 aromatic carbocycles. The first kappa shape index (κ1) is 16.5. The van der Waals surface area contributed by atoms with Gasteiger partial charge in [0.1, 0.15) is 0 Å². The second-order valence-corrected chi connectivity index (χ2v) is 6.16. The molecule has 1 aromatic rings. The van der Waals surface area contributed by atoms with Crippen molar-refractivity contribution in [2.45, 2.75) is 45.1 Å². The number of amides is 2. The fraction of sp³-hybridized carbons (Fsp3) is 0.529. The first-order valence-electron chi connectivity index (χ1n) is 7.84. The molecule has 0 aromatic heterocycles. The van der Waals surface area contributed by atoms with E-state index < -0.39 is 11.8 Å². The van der Waals surface area contributed by atoms with Gasteiger partial charge in [-0.1, -0.05) is 26.0 Å². The molecule has 0 aliphatic heterocycles. The van der Waals surface area contributed by atoms with Gasteiger partial charge in [-0.05, 0) is 48.8 Å². The highest BCUT2D eigenvalue weighted by Crippen LogP contribution is 2.33. The maximum Gasteiger partial charge on any atom is 0.313 e. The first-order valence-corrected chi connectivity index (χ1v) is 7.84. The smallest absolute Gasteiger partial charge is 0.313 e. The van der Waals surface area contributed by atoms with E-state index in [9.17, 15) is 9.59 Å². The van der Waals surface area contributed by atoms with Crippen LogP contribution in [0.4, 0.5) is 5.69 Å². The number of hydrogen-bond acceptors (Lipinski definition) is 3. The second-order valence-electron chi connectivity index (χ2n) is 6.16. The zero-order valence-electron chi connectivity index (χ0n) is 13.1. The molecule has 1 unspecified atom stereocenters. The molecule has 0 radical (unpaired) electrons. The van der Waals surface area contributed by atoms with Crippen LogP contribution in [0.2, 0.25) is 0 Å². The largest absolute Gasteiger partial charge is 0.396 e. The van der Waals surface area contributed by atoms with Crippen LogP contribution in [0.1, 0.15) is 44.6 Å². The van der Waals surface area contributed by atoms with Crippen molar-refractivity contribution in [1.29, 1.82) is 0 Å². The van der Waals surface area contributed by atoms with Crippen LogP contribution in [0, 0.1) is 5.92 Å². The van der Waals surface area contributed by atoms with Crippen LogP contribution in [0.15, 0.2) is 24.3 Å². The predicted molar refractivity (Wildman–Crippen MR) is 85.5 cm³/mol. The van der Waals surface area contributed by atoms with E-state index in [1.54, 1.807) is 6.07 Å². The third-order valence-corrected chi connectivity index (χ3v) is 3.97. The third kappa shape index (κ3) is 4.56. The summed E-state index contributed by atoms with van der Waals surface area (Å²) in [6.45, 7) is 4.16. The Morgan fingerprint density at radius 2 is 2.00 bits per heavy atom. The topological polar surface area (TPSA) is 78.4 Å². The van der Waals surface area contributed by atoms with Gasteiger partial charge >= 0.3 is 11.8 Å². The molecule has 120 valence electrons. The van der Waals surface area contributed by atoms with Crippen molar-refractivity contribution in [3.8, 4) is 0 Å². The van der Waals surface area contributed by atoms with Gasteiger partial charge in [-0.25, -0.2) is 0 Å². The van der Waals surface area contributed by atoms with E-state index in [4.69, 9.17) is 5.11 Å². The number of hydrogen-bond donors (Lipinski definition) is 3. The van der Waals surface area contributed by atoms with E-state index >= 15 is 0 Å². The summed E-state index contributed by atoms with van der Waals surface area (Å²) in [6.07, 6.45) is 2.58. The summed E-state index contributed by atoms with van der Waals surface area (Å²) in [4.78, 5) is 24.0. The number of aliphatic hydroxyl groups excluding tert-OH is 1. The van der Waals surface area contributed by atoms with E-state index in [1.807, 2.05) is 18.2 Å². The Balaban J connectivity index is 1.93. The van der Waals surface area contributed by atoms with Crippen molar-refractivity contribution in [3.63, 3.8) is 0 Å². The summed E-state index contributed by atoms with van der Waals surface area (Å²) >= 11 is 0. The highest BCUT2D eigenvalue weighted by Gasteiger charge is 2.32. The molecule has 0 bridgehead atoms. The lowest BCUT2D eigenvalue weighted by Crippen LogP contribution is -2.43. The Morgan fingerprint density at radius 1 is 1.27 bits per heavy atom. The molecular formula is C17H24N2O3. The average Bonchev–Trinajstić information content (AvgIpc) is 3.31. The van der Waals surface area contributed by atoms with Gasteiger partial charge in [0.05, 0.1) is 0 Å². The van der Waals surface area contributed by atoms with Gasteiger partial charge in [-0.3, -0.25) is 9.59 Å². The minimum atomic E-state index is -0.663. The highest BCUT2D eigenvalue weighted by molar-refractivity contribution is 6.39. The van der Waals surface area contributed by atoms with Crippen LogP contribution in [-0.4, -0.2) is 29.6 Å². The minimum Gasteiger partial charge on any atom is -0.396 e. The molecule has 1 fully saturated rings. The monoisotopic (exact) mass is 304 g/mol. The summed E-state index contributed by atoms with van der Waals surface area (Å²) in [5.74, 6) is -0.549. The number of nitrogens with one attached hydrogen (secondary N) is 2. The summed E-state index contributed by atoms with van der Waals surface area (Å²) in [6, 6.07) is 7.39. The van der Waals surface area contributed by atoms with Crippen molar-refractivity contribution >= 4 is 17.5 Å². The van der Waals surface area contributed by atoms with E-state index in [-0.39, 0.29) is 12.6 Å². The van der Waals surface area contributed by atoms with Gasteiger partial charge in [0.25, 0.3) is 0 Å². The fourth-order valence-corrected chi connectivity index (χ4v) is 2.46. The molecular weight excluding hydrogens is 280 g/mol. The first-order chi connectivity index (χ1) is 10.5. The zero-order valence-corrected chi connectivity index (χ0v) is 13.1. The quantitative estimate of drug-likeness (QED) is 0.704. The Morgan fingerprint density at radius 3 is 2.59 bits per heavy atom. The summed E-state index contributed by atoms with van der Waals surface area (Å²) in [7, 11) is 0. The van der Waals surface area contributed by atoms with Crippen molar-refractivity contribution in [2.24, 2.45) is 5.92 Å². The molecule has 22 heavy (non-hydrogen) atoms. The molecule has 0 saturated heterocycles. The molecule has 1 aliphatic carbocycles. The van der Waals surface area contributed by atoms with Crippen LogP contribution >= 0.6 is 0 Å². The second kappa shape index (κ2) is 7.40. The van der Waals surface area contributed by atoms with E-state index in [1.165, 1.54) is 0 Å². The number of carbonyl (C=O) groups is 2. The SMILES string of the molecule is CC(C)c1cccc(NC(=O)C(=O)NC(CCO)C2CC2)c1. The molecule has 5 nitrogen and oxygen atoms in total. The van der Waals surface area contributed by atoms with Crippen molar-refractivity contribution in [3.05, 3.63) is 29.8 Å². The maximum atomic E-state index is 12.0. The van der Waals surface area contributed by atoms with Crippen molar-refractivity contribution < 1.29 is 14.7 Å². The zero-order chi connectivity index (χ0) is 16.1. The maximum absolute atomic E-state index is 12.0. The Hall–Kier alpha value is -1.88. The molecule has 5 heteroatoms. The van der Waals surface area contributed by atoms with Gasteiger partial charge < -0.3 is 15.7 Å². The molecule has 1 aliphatic rings. The van der Waals surface area contributed by atoms with E-state index in [0.717, 1.165) is 18.4 Å². The van der Waals surface area contributed by atoms with Crippen LogP contribution in [-0.2, 0) is 9.59 Å². The Bertz CT molecular complexity index is 538. The number of carbonyl (C=O) groups excluding carboxylic acids is 2. The molecule has 0 spiro atoms. The normalized spacial score (nSPS) is 15.5. The van der Waals surface area contributed by atoms with Gasteiger partial charge in [0.2, 0.25) is 0 Å². The van der Waals surface area contributed by atoms with Gasteiger partial charge in [-0.15, -0.1) is 0 Å². The fourth-order valence-electron chi connectivity index (χ4n) is 2.46. The van der Waals surface area contributed by atoms with Crippen LogP contribution in [0.3, 0.4) is 0 Å². The van der Waals surface area contributed by atoms with Gasteiger partial charge in [0.15, 0.2) is 0 Å². The standard InChI is InChI=1S/C17H24N2O3/c1-11(2)13-4-3-5-14(10-13)18-16(21)17(22)19-15(8-9-20)12-6-7-12/h3-5,10-12,15,20H,6-9H2,1-2H3,(H,18,21)(H,19,22). The molecule has 1 atom stereocenters. The molecule has 1 saturated carbocycles. The summed E-state index contributed by atoms with van der Waals surface area (Å²) < 4.78 is 0. The van der Waals surface area contributed by atoms with E-state index in [0.29, 0.717) is 23.9 Å². The van der Waals surface area contributed by atoms with E-state index in [2.05, 4.69) is 24.5 Å². The Labute approximate surface area is 131 Å². The number of rotatable bonds is 6. The predicted octanol–water partition coefficient (Wildman–Crippen LogP) is 2.03. The summed E-state index contributed by atoms with van der Waals surface area (Å²) in [5, 5.41) is 14.4. The molecule has 2 rings (SSSR count). The lowest BCUT2D eigenvalue weighted by atomic mass is 10.0. The third-order valence-electron chi connectivity index (χ3n) is 3.97. The van der Waals surface area contributed by atoms with Crippen molar-refractivity contribution in [1.82, 2.24) is 5.32 Å². The number of anilines is 1. The van der Waals surface area contributed by atoms with Gasteiger partial charge in [0, 0.05) is 18.3 Å². The van der Waals surface area contributed by atoms with Crippen LogP contribution in [0.5, 0.6) is 0 Å². The van der Waals surface area contributed by atoms with Crippen LogP contribution < -0.4 is 10.6 Å². The minimum absolute atomic E-state index is 0.0134. The van der Waals surface area contributed by atoms with Gasteiger partial charge in [-0.2, -0.15) is 0 Å². The molecule has 0 heterocycles. The average molecular weight is 304 g/mol. The highest BCUT2D eigenvalue weighted by atomic mass is 16.3.